The number of carbonyl (C=O) groups is 2. The van der Waals surface area contributed by atoms with Crippen molar-refractivity contribution in [1.82, 2.24) is 0 Å². The van der Waals surface area contributed by atoms with Crippen LogP contribution in [0.15, 0.2) is 35.9 Å². The van der Waals surface area contributed by atoms with Crippen LogP contribution in [0.25, 0.3) is 0 Å². The average molecular weight is 388 g/mol. The van der Waals surface area contributed by atoms with Gasteiger partial charge in [0.2, 0.25) is 0 Å². The highest BCUT2D eigenvalue weighted by Crippen LogP contribution is 2.47. The molecule has 1 aliphatic carbocycles. The van der Waals surface area contributed by atoms with E-state index < -0.39 is 11.4 Å². The minimum absolute atomic E-state index is 0.00351. The lowest BCUT2D eigenvalue weighted by atomic mass is 9.73. The molecule has 2 rings (SSSR count). The van der Waals surface area contributed by atoms with Crippen molar-refractivity contribution in [3.05, 3.63) is 47.1 Å². The van der Waals surface area contributed by atoms with Crippen LogP contribution in [0.4, 0.5) is 0 Å². The number of allylic oxidation sites excluding steroid dienone is 2. The Labute approximate surface area is 165 Å². The highest BCUT2D eigenvalue weighted by molar-refractivity contribution is 5.81. The molecule has 0 aromatic heterocycles. The molecule has 152 valence electrons. The van der Waals surface area contributed by atoms with Gasteiger partial charge >= 0.3 is 11.9 Å². The zero-order chi connectivity index (χ0) is 21.2. The smallest absolute Gasteiger partial charge is 0.313 e. The summed E-state index contributed by atoms with van der Waals surface area (Å²) in [7, 11) is 0. The van der Waals surface area contributed by atoms with Crippen molar-refractivity contribution in [2.45, 2.75) is 51.9 Å². The maximum absolute atomic E-state index is 11.5. The van der Waals surface area contributed by atoms with Crippen molar-refractivity contribution in [3.8, 4) is 11.5 Å². The summed E-state index contributed by atoms with van der Waals surface area (Å²) in [5.74, 6) is -2.10. The lowest BCUT2D eigenvalue weighted by Crippen LogP contribution is -2.28. The molecule has 1 aromatic carbocycles. The summed E-state index contributed by atoms with van der Waals surface area (Å²) in [6.07, 6.45) is 3.38. The molecule has 0 radical (unpaired) electrons. The Morgan fingerprint density at radius 3 is 2.25 bits per heavy atom. The van der Waals surface area contributed by atoms with Crippen molar-refractivity contribution in [3.63, 3.8) is 0 Å². The third-order valence-electron chi connectivity index (χ3n) is 5.45. The molecule has 2 atom stereocenters. The monoisotopic (exact) mass is 388 g/mol. The Hall–Kier alpha value is -2.76. The molecule has 0 saturated heterocycles. The first kappa shape index (κ1) is 21.5. The van der Waals surface area contributed by atoms with Gasteiger partial charge in [-0.1, -0.05) is 18.2 Å². The van der Waals surface area contributed by atoms with Crippen LogP contribution in [0.5, 0.6) is 11.5 Å². The van der Waals surface area contributed by atoms with Crippen LogP contribution in [0, 0.1) is 5.92 Å². The number of hydrogen-bond acceptors (Lipinski definition) is 5. The van der Waals surface area contributed by atoms with E-state index in [-0.39, 0.29) is 35.9 Å². The Morgan fingerprint density at radius 2 is 1.79 bits per heavy atom. The molecule has 0 fully saturated rings. The summed E-state index contributed by atoms with van der Waals surface area (Å²) in [4.78, 5) is 22.6. The van der Waals surface area contributed by atoms with Crippen LogP contribution in [0.1, 0.15) is 57.6 Å². The van der Waals surface area contributed by atoms with Crippen molar-refractivity contribution < 1.29 is 29.6 Å². The molecule has 3 N–H and O–H groups in total. The molecule has 1 aromatic rings. The van der Waals surface area contributed by atoms with Gasteiger partial charge in [-0.3, -0.25) is 9.59 Å². The van der Waals surface area contributed by atoms with Gasteiger partial charge in [-0.15, -0.1) is 0 Å². The summed E-state index contributed by atoms with van der Waals surface area (Å²) in [5.41, 5.74) is 1.21. The molecule has 6 heteroatoms. The minimum atomic E-state index is -1.26. The average Bonchev–Trinajstić information content (AvgIpc) is 2.59. The van der Waals surface area contributed by atoms with E-state index in [1.165, 1.54) is 32.9 Å². The van der Waals surface area contributed by atoms with Crippen LogP contribution in [-0.4, -0.2) is 33.9 Å². The van der Waals surface area contributed by atoms with E-state index in [1.807, 2.05) is 13.0 Å². The molecule has 1 aliphatic rings. The fourth-order valence-electron chi connectivity index (χ4n) is 3.57. The van der Waals surface area contributed by atoms with Crippen LogP contribution in [0.2, 0.25) is 0 Å². The third kappa shape index (κ3) is 4.38. The molecule has 0 heterocycles. The van der Waals surface area contributed by atoms with Crippen molar-refractivity contribution >= 4 is 11.9 Å². The van der Waals surface area contributed by atoms with Crippen molar-refractivity contribution in [2.75, 3.05) is 6.61 Å². The Bertz CT molecular complexity index is 810. The summed E-state index contributed by atoms with van der Waals surface area (Å²) >= 11 is 0. The normalized spacial score (nSPS) is 19.6. The first-order valence-electron chi connectivity index (χ1n) is 9.23. The number of carboxylic acid groups (broad SMARTS) is 1. The van der Waals surface area contributed by atoms with E-state index in [0.29, 0.717) is 11.1 Å². The van der Waals surface area contributed by atoms with Crippen LogP contribution in [-0.2, 0) is 19.7 Å². The lowest BCUT2D eigenvalue weighted by Gasteiger charge is -2.32. The second kappa shape index (κ2) is 8.09. The number of benzene rings is 1. The summed E-state index contributed by atoms with van der Waals surface area (Å²) < 4.78 is 5.09. The Morgan fingerprint density at radius 1 is 1.21 bits per heavy atom. The molecule has 6 nitrogen and oxygen atoms in total. The van der Waals surface area contributed by atoms with E-state index >= 15 is 0 Å². The van der Waals surface area contributed by atoms with E-state index in [1.54, 1.807) is 0 Å². The maximum atomic E-state index is 11.5. The predicted octanol–water partition coefficient (Wildman–Crippen LogP) is 4.02. The van der Waals surface area contributed by atoms with Gasteiger partial charge in [0, 0.05) is 18.4 Å². The van der Waals surface area contributed by atoms with E-state index in [9.17, 15) is 24.9 Å². The SMILES string of the molecule is C=C(C)[C@H]1CCC(COC(C)=O)=C[C@@H]1c1c(O)cc(C(C)(C)C(=O)O)cc1O. The van der Waals surface area contributed by atoms with Gasteiger partial charge < -0.3 is 20.1 Å². The van der Waals surface area contributed by atoms with Crippen molar-refractivity contribution in [2.24, 2.45) is 5.92 Å². The molecule has 0 saturated carbocycles. The zero-order valence-electron chi connectivity index (χ0n) is 16.8. The summed E-state index contributed by atoms with van der Waals surface area (Å²) in [6, 6.07) is 2.79. The predicted molar refractivity (Wildman–Crippen MR) is 105 cm³/mol. The number of phenols is 2. The topological polar surface area (TPSA) is 104 Å². The first-order valence-corrected chi connectivity index (χ1v) is 9.23. The summed E-state index contributed by atoms with van der Waals surface area (Å²) in [6.45, 7) is 10.5. The molecule has 28 heavy (non-hydrogen) atoms. The second-order valence-electron chi connectivity index (χ2n) is 7.98. The number of aliphatic carboxylic acids is 1. The number of aromatic hydroxyl groups is 2. The van der Waals surface area contributed by atoms with Gasteiger partial charge in [-0.2, -0.15) is 0 Å². The molecule has 0 aliphatic heterocycles. The summed E-state index contributed by atoms with van der Waals surface area (Å²) in [5, 5.41) is 30.8. The highest BCUT2D eigenvalue weighted by atomic mass is 16.5. The van der Waals surface area contributed by atoms with E-state index in [4.69, 9.17) is 4.74 Å². The number of rotatable bonds is 6. The van der Waals surface area contributed by atoms with Gasteiger partial charge in [0.25, 0.3) is 0 Å². The van der Waals surface area contributed by atoms with Crippen LogP contribution in [0.3, 0.4) is 0 Å². The van der Waals surface area contributed by atoms with E-state index in [2.05, 4.69) is 6.58 Å². The minimum Gasteiger partial charge on any atom is -0.507 e. The quantitative estimate of drug-likeness (QED) is 0.502. The van der Waals surface area contributed by atoms with Crippen LogP contribution >= 0.6 is 0 Å². The fourth-order valence-corrected chi connectivity index (χ4v) is 3.57. The number of phenolic OH excluding ortho intramolecular Hbond substituents is 2. The van der Waals surface area contributed by atoms with Gasteiger partial charge in [0.15, 0.2) is 0 Å². The Balaban J connectivity index is 2.51. The lowest BCUT2D eigenvalue weighted by molar-refractivity contribution is -0.142. The number of carbonyl (C=O) groups excluding carboxylic acids is 1. The largest absolute Gasteiger partial charge is 0.507 e. The number of esters is 1. The Kier molecular flexibility index (Phi) is 6.22. The number of ether oxygens (including phenoxy) is 1. The van der Waals surface area contributed by atoms with Gasteiger partial charge in [-0.05, 0) is 62.8 Å². The van der Waals surface area contributed by atoms with Gasteiger partial charge in [-0.25, -0.2) is 0 Å². The molecule has 0 bridgehead atoms. The third-order valence-corrected chi connectivity index (χ3v) is 5.45. The van der Waals surface area contributed by atoms with Gasteiger partial charge in [0.1, 0.15) is 18.1 Å². The molecular formula is C22H28O6. The molecular weight excluding hydrogens is 360 g/mol. The first-order chi connectivity index (χ1) is 12.9. The zero-order valence-corrected chi connectivity index (χ0v) is 16.8. The highest BCUT2D eigenvalue weighted by Gasteiger charge is 2.34. The second-order valence-corrected chi connectivity index (χ2v) is 7.98. The molecule has 0 spiro atoms. The van der Waals surface area contributed by atoms with Gasteiger partial charge in [0.05, 0.1) is 5.41 Å². The standard InChI is InChI=1S/C22H28O6/c1-12(2)16-7-6-14(11-28-13(3)23)8-17(16)20-18(24)9-15(10-19(20)25)22(4,5)21(26)27/h8-10,16-17,24-25H,1,6-7,11H2,2-5H3,(H,26,27)/t16-,17+/m1/s1. The van der Waals surface area contributed by atoms with Crippen LogP contribution < -0.4 is 0 Å². The fraction of sp³-hybridized carbons (Fsp3) is 0.455. The number of hydrogen-bond donors (Lipinski definition) is 3. The van der Waals surface area contributed by atoms with E-state index in [0.717, 1.165) is 24.0 Å². The molecule has 0 unspecified atom stereocenters. The maximum Gasteiger partial charge on any atom is 0.313 e. The number of carboxylic acids is 1. The van der Waals surface area contributed by atoms with Crippen molar-refractivity contribution in [1.29, 1.82) is 0 Å². The molecule has 0 amide bonds.